The summed E-state index contributed by atoms with van der Waals surface area (Å²) in [5.41, 5.74) is 4.03. The van der Waals surface area contributed by atoms with Crippen molar-refractivity contribution in [3.05, 3.63) is 21.7 Å². The molecule has 6 nitrogen and oxygen atoms in total. The summed E-state index contributed by atoms with van der Waals surface area (Å²) in [5.74, 6) is -0.208. The molecule has 0 saturated heterocycles. The predicted octanol–water partition coefficient (Wildman–Crippen LogP) is 0.347. The van der Waals surface area contributed by atoms with Gasteiger partial charge in [0.15, 0.2) is 5.82 Å². The van der Waals surface area contributed by atoms with Gasteiger partial charge in [0.2, 0.25) is 5.91 Å². The molecule has 0 atom stereocenters. The Kier molecular flexibility index (Phi) is 3.54. The van der Waals surface area contributed by atoms with E-state index in [0.717, 1.165) is 0 Å². The number of nitrogens with two attached hydrogens (primary N) is 1. The molecule has 0 aliphatic heterocycles. The predicted molar refractivity (Wildman–Crippen MR) is 61.3 cm³/mol. The Balaban J connectivity index is 2.80. The van der Waals surface area contributed by atoms with Gasteiger partial charge in [0.1, 0.15) is 5.02 Å². The summed E-state index contributed by atoms with van der Waals surface area (Å²) in [6.45, 7) is 3.62. The van der Waals surface area contributed by atoms with Crippen LogP contribution in [0.4, 0.5) is 5.82 Å². The van der Waals surface area contributed by atoms with Crippen molar-refractivity contribution in [1.82, 2.24) is 9.97 Å². The smallest absolute Gasteiger partial charge is 0.271 e. The molecule has 0 aliphatic rings. The van der Waals surface area contributed by atoms with E-state index < -0.39 is 16.9 Å². The number of primary amides is 1. The van der Waals surface area contributed by atoms with E-state index in [9.17, 15) is 9.59 Å². The number of nitrogens with one attached hydrogen (secondary N) is 2. The highest BCUT2D eigenvalue weighted by Gasteiger charge is 2.25. The fourth-order valence-electron chi connectivity index (χ4n) is 0.898. The van der Waals surface area contributed by atoms with Crippen LogP contribution in [0.3, 0.4) is 0 Å². The number of hydrogen-bond donors (Lipinski definition) is 3. The average Bonchev–Trinajstić information content (AvgIpc) is 2.20. The number of aromatic amines is 1. The molecule has 0 spiro atoms. The first kappa shape index (κ1) is 12.5. The zero-order chi connectivity index (χ0) is 12.3. The Morgan fingerprint density at radius 1 is 1.69 bits per heavy atom. The van der Waals surface area contributed by atoms with Gasteiger partial charge in [-0.25, -0.2) is 4.98 Å². The molecule has 1 aromatic heterocycles. The third-order valence-electron chi connectivity index (χ3n) is 2.16. The van der Waals surface area contributed by atoms with E-state index in [1.165, 1.54) is 6.33 Å². The maximum atomic E-state index is 11.1. The zero-order valence-corrected chi connectivity index (χ0v) is 9.76. The normalized spacial score (nSPS) is 11.2. The van der Waals surface area contributed by atoms with Crippen molar-refractivity contribution in [2.24, 2.45) is 11.1 Å². The summed E-state index contributed by atoms with van der Waals surface area (Å²) in [5, 5.41) is 2.77. The first-order chi connectivity index (χ1) is 7.34. The lowest BCUT2D eigenvalue weighted by Crippen LogP contribution is -2.37. The Hall–Kier alpha value is -1.56. The molecule has 7 heteroatoms. The van der Waals surface area contributed by atoms with Crippen LogP contribution in [0.1, 0.15) is 13.8 Å². The van der Waals surface area contributed by atoms with Crippen molar-refractivity contribution in [2.75, 3.05) is 11.9 Å². The van der Waals surface area contributed by atoms with E-state index in [0.29, 0.717) is 0 Å². The van der Waals surface area contributed by atoms with E-state index in [1.807, 2.05) is 0 Å². The molecule has 0 radical (unpaired) electrons. The third-order valence-corrected chi connectivity index (χ3v) is 2.51. The Bertz CT molecular complexity index is 455. The van der Waals surface area contributed by atoms with Crippen molar-refractivity contribution in [1.29, 1.82) is 0 Å². The van der Waals surface area contributed by atoms with Gasteiger partial charge >= 0.3 is 0 Å². The minimum Gasteiger partial charge on any atom is -0.369 e. The molecule has 16 heavy (non-hydrogen) atoms. The molecule has 0 aliphatic carbocycles. The number of rotatable bonds is 4. The number of aromatic nitrogens is 2. The second kappa shape index (κ2) is 4.52. The maximum Gasteiger partial charge on any atom is 0.271 e. The van der Waals surface area contributed by atoms with Crippen LogP contribution in [-0.2, 0) is 4.79 Å². The molecule has 1 heterocycles. The zero-order valence-electron chi connectivity index (χ0n) is 9.00. The lowest BCUT2D eigenvalue weighted by Gasteiger charge is -2.21. The van der Waals surface area contributed by atoms with E-state index in [-0.39, 0.29) is 17.4 Å². The van der Waals surface area contributed by atoms with Gasteiger partial charge < -0.3 is 16.0 Å². The van der Waals surface area contributed by atoms with Crippen molar-refractivity contribution < 1.29 is 4.79 Å². The van der Waals surface area contributed by atoms with Crippen LogP contribution in [0.25, 0.3) is 0 Å². The van der Waals surface area contributed by atoms with Crippen LogP contribution in [-0.4, -0.2) is 22.4 Å². The number of carbonyl (C=O) groups is 1. The highest BCUT2D eigenvalue weighted by atomic mass is 35.5. The molecule has 1 aromatic rings. The van der Waals surface area contributed by atoms with Crippen molar-refractivity contribution in [3.63, 3.8) is 0 Å². The van der Waals surface area contributed by atoms with Crippen molar-refractivity contribution in [3.8, 4) is 0 Å². The number of H-pyrrole nitrogens is 1. The van der Waals surface area contributed by atoms with Gasteiger partial charge in [-0.2, -0.15) is 0 Å². The van der Waals surface area contributed by atoms with Crippen LogP contribution in [0, 0.1) is 5.41 Å². The van der Waals surface area contributed by atoms with Gasteiger partial charge in [0.05, 0.1) is 11.7 Å². The Morgan fingerprint density at radius 3 is 2.88 bits per heavy atom. The largest absolute Gasteiger partial charge is 0.369 e. The molecule has 0 fully saturated rings. The fourth-order valence-corrected chi connectivity index (χ4v) is 1.07. The fraction of sp³-hybridized carbons (Fsp3) is 0.444. The standard InChI is InChI=1S/C9H13ClN4O2/c1-9(2,8(11)16)3-12-6-5(10)7(15)14-4-13-6/h4H,3H2,1-2H3,(H2,11,16)(H2,12,13,14,15). The summed E-state index contributed by atoms with van der Waals surface area (Å²) < 4.78 is 0. The summed E-state index contributed by atoms with van der Waals surface area (Å²) >= 11 is 5.72. The molecule has 1 rings (SSSR count). The Labute approximate surface area is 97.2 Å². The number of hydrogen-bond acceptors (Lipinski definition) is 4. The quantitative estimate of drug-likeness (QED) is 0.711. The molecule has 0 aromatic carbocycles. The number of anilines is 1. The van der Waals surface area contributed by atoms with E-state index >= 15 is 0 Å². The second-order valence-electron chi connectivity index (χ2n) is 4.00. The van der Waals surface area contributed by atoms with Crippen LogP contribution >= 0.6 is 11.6 Å². The molecule has 4 N–H and O–H groups in total. The maximum absolute atomic E-state index is 11.1. The molecule has 0 saturated carbocycles. The van der Waals surface area contributed by atoms with Crippen molar-refractivity contribution >= 4 is 23.3 Å². The third kappa shape index (κ3) is 2.73. The Morgan fingerprint density at radius 2 is 2.31 bits per heavy atom. The highest BCUT2D eigenvalue weighted by Crippen LogP contribution is 2.17. The number of amides is 1. The van der Waals surface area contributed by atoms with E-state index in [4.69, 9.17) is 17.3 Å². The number of carbonyl (C=O) groups excluding carboxylic acids is 1. The van der Waals surface area contributed by atoms with E-state index in [2.05, 4.69) is 15.3 Å². The van der Waals surface area contributed by atoms with Gasteiger partial charge in [0, 0.05) is 6.54 Å². The SMILES string of the molecule is CC(C)(CNc1nc[nH]c(=O)c1Cl)C(N)=O. The first-order valence-electron chi connectivity index (χ1n) is 4.61. The van der Waals surface area contributed by atoms with Gasteiger partial charge in [-0.1, -0.05) is 11.6 Å². The summed E-state index contributed by atoms with van der Waals surface area (Å²) in [4.78, 5) is 28.4. The van der Waals surface area contributed by atoms with Crippen LogP contribution in [0.5, 0.6) is 0 Å². The molecule has 1 amide bonds. The monoisotopic (exact) mass is 244 g/mol. The summed E-state index contributed by atoms with van der Waals surface area (Å²) in [6, 6.07) is 0. The first-order valence-corrected chi connectivity index (χ1v) is 4.99. The van der Waals surface area contributed by atoms with Crippen LogP contribution in [0.2, 0.25) is 5.02 Å². The topological polar surface area (TPSA) is 101 Å². The molecular weight excluding hydrogens is 232 g/mol. The van der Waals surface area contributed by atoms with Crippen LogP contribution in [0.15, 0.2) is 11.1 Å². The second-order valence-corrected chi connectivity index (χ2v) is 4.37. The number of halogens is 1. The molecule has 0 bridgehead atoms. The van der Waals surface area contributed by atoms with Gasteiger partial charge in [-0.15, -0.1) is 0 Å². The summed E-state index contributed by atoms with van der Waals surface area (Å²) in [6.07, 6.45) is 1.23. The average molecular weight is 245 g/mol. The lowest BCUT2D eigenvalue weighted by atomic mass is 9.93. The molecule has 88 valence electrons. The highest BCUT2D eigenvalue weighted by molar-refractivity contribution is 6.32. The molecular formula is C9H13ClN4O2. The minimum atomic E-state index is -0.742. The van der Waals surface area contributed by atoms with Gasteiger partial charge in [-0.05, 0) is 13.8 Å². The lowest BCUT2D eigenvalue weighted by molar-refractivity contribution is -0.125. The van der Waals surface area contributed by atoms with Crippen LogP contribution < -0.4 is 16.6 Å². The molecule has 0 unspecified atom stereocenters. The minimum absolute atomic E-state index is 0.0391. The van der Waals surface area contributed by atoms with Gasteiger partial charge in [0.25, 0.3) is 5.56 Å². The number of nitrogens with zero attached hydrogens (tertiary/aromatic N) is 1. The van der Waals surface area contributed by atoms with Crippen molar-refractivity contribution in [2.45, 2.75) is 13.8 Å². The summed E-state index contributed by atoms with van der Waals surface area (Å²) in [7, 11) is 0. The van der Waals surface area contributed by atoms with E-state index in [1.54, 1.807) is 13.8 Å². The van der Waals surface area contributed by atoms with Gasteiger partial charge in [-0.3, -0.25) is 9.59 Å².